The molecule has 2 aromatic rings. The predicted octanol–water partition coefficient (Wildman–Crippen LogP) is 0.484. The van der Waals surface area contributed by atoms with Crippen molar-refractivity contribution in [3.05, 3.63) is 52.8 Å². The quantitative estimate of drug-likeness (QED) is 0.487. The van der Waals surface area contributed by atoms with Crippen LogP contribution in [-0.4, -0.2) is 27.8 Å². The summed E-state index contributed by atoms with van der Waals surface area (Å²) in [6.45, 7) is 4.42. The fraction of sp³-hybridized carbons (Fsp3) is 0.200. The molecule has 7 heteroatoms. The van der Waals surface area contributed by atoms with Crippen molar-refractivity contribution in [2.75, 3.05) is 0 Å². The number of amides is 2. The molecule has 1 aromatic heterocycles. The highest BCUT2D eigenvalue weighted by molar-refractivity contribution is 6.34. The summed E-state index contributed by atoms with van der Waals surface area (Å²) in [5.74, 6) is -2.03. The predicted molar refractivity (Wildman–Crippen MR) is 82.2 cm³/mol. The Bertz CT molecular complexity index is 719. The Morgan fingerprint density at radius 2 is 2.00 bits per heavy atom. The molecule has 3 N–H and O–H groups in total. The summed E-state index contributed by atoms with van der Waals surface area (Å²) >= 11 is 0. The van der Waals surface area contributed by atoms with E-state index in [9.17, 15) is 9.59 Å². The number of nitrogens with zero attached hydrogens (tertiary/aromatic N) is 3. The Labute approximate surface area is 127 Å². The van der Waals surface area contributed by atoms with Gasteiger partial charge in [0.1, 0.15) is 0 Å². The number of aromatic nitrogens is 2. The van der Waals surface area contributed by atoms with Gasteiger partial charge in [-0.25, -0.2) is 5.43 Å². The van der Waals surface area contributed by atoms with Gasteiger partial charge in [0.25, 0.3) is 0 Å². The zero-order chi connectivity index (χ0) is 16.1. The maximum Gasteiger partial charge on any atom is 0.329 e. The van der Waals surface area contributed by atoms with Crippen molar-refractivity contribution in [1.82, 2.24) is 15.2 Å². The molecule has 0 saturated carbocycles. The number of benzene rings is 1. The minimum atomic E-state index is -1.08. The monoisotopic (exact) mass is 299 g/mol. The van der Waals surface area contributed by atoms with Gasteiger partial charge in [-0.1, -0.05) is 30.3 Å². The second-order valence-corrected chi connectivity index (χ2v) is 4.79. The molecule has 7 nitrogen and oxygen atoms in total. The van der Waals surface area contributed by atoms with Crippen molar-refractivity contribution in [3.63, 3.8) is 0 Å². The van der Waals surface area contributed by atoms with Crippen molar-refractivity contribution < 1.29 is 9.59 Å². The number of nitrogens with two attached hydrogens (primary N) is 1. The summed E-state index contributed by atoms with van der Waals surface area (Å²) < 4.78 is 1.86. The first-order chi connectivity index (χ1) is 10.5. The van der Waals surface area contributed by atoms with E-state index in [0.29, 0.717) is 6.54 Å². The van der Waals surface area contributed by atoms with E-state index in [0.717, 1.165) is 22.5 Å². The Hall–Kier alpha value is -2.96. The van der Waals surface area contributed by atoms with Crippen LogP contribution in [0.1, 0.15) is 22.5 Å². The van der Waals surface area contributed by atoms with Gasteiger partial charge in [-0.05, 0) is 19.4 Å². The fourth-order valence-electron chi connectivity index (χ4n) is 2.02. The molecule has 0 atom stereocenters. The van der Waals surface area contributed by atoms with Gasteiger partial charge in [0, 0.05) is 11.3 Å². The van der Waals surface area contributed by atoms with Crippen molar-refractivity contribution in [1.29, 1.82) is 0 Å². The first-order valence-electron chi connectivity index (χ1n) is 6.70. The second kappa shape index (κ2) is 6.66. The Morgan fingerprint density at radius 1 is 1.32 bits per heavy atom. The van der Waals surface area contributed by atoms with E-state index in [1.165, 1.54) is 6.21 Å². The molecule has 1 heterocycles. The number of hydrogen-bond acceptors (Lipinski definition) is 4. The standard InChI is InChI=1S/C15H17N5O2/c1-10-13(8-17-18-15(22)14(16)21)11(2)20(19-10)9-12-6-4-3-5-7-12/h3-8H,9H2,1-2H3,(H2,16,21)(H,18,22)/b17-8-. The normalized spacial score (nSPS) is 10.8. The number of aryl methyl sites for hydroxylation is 1. The molecule has 0 spiro atoms. The van der Waals surface area contributed by atoms with Crippen LogP contribution in [-0.2, 0) is 16.1 Å². The molecule has 2 amide bonds. The van der Waals surface area contributed by atoms with Gasteiger partial charge in [-0.15, -0.1) is 0 Å². The van der Waals surface area contributed by atoms with Crippen molar-refractivity contribution >= 4 is 18.0 Å². The Balaban J connectivity index is 2.15. The van der Waals surface area contributed by atoms with Gasteiger partial charge in [0.15, 0.2) is 0 Å². The average molecular weight is 299 g/mol. The molecule has 0 aliphatic heterocycles. The van der Waals surface area contributed by atoms with Crippen LogP contribution in [0, 0.1) is 13.8 Å². The molecule has 1 aromatic carbocycles. The van der Waals surface area contributed by atoms with E-state index in [4.69, 9.17) is 5.73 Å². The minimum Gasteiger partial charge on any atom is -0.361 e. The lowest BCUT2D eigenvalue weighted by Crippen LogP contribution is -2.32. The number of carbonyl (C=O) groups is 2. The molecular formula is C15H17N5O2. The third-order valence-electron chi connectivity index (χ3n) is 3.20. The van der Waals surface area contributed by atoms with Crippen LogP contribution in [0.4, 0.5) is 0 Å². The van der Waals surface area contributed by atoms with Gasteiger partial charge in [-0.3, -0.25) is 14.3 Å². The highest BCUT2D eigenvalue weighted by atomic mass is 16.2. The molecule has 0 aliphatic rings. The number of carbonyl (C=O) groups excluding carboxylic acids is 2. The zero-order valence-corrected chi connectivity index (χ0v) is 12.4. The summed E-state index contributed by atoms with van der Waals surface area (Å²) in [6, 6.07) is 9.96. The topological polar surface area (TPSA) is 102 Å². The summed E-state index contributed by atoms with van der Waals surface area (Å²) in [4.78, 5) is 21.6. The lowest BCUT2D eigenvalue weighted by molar-refractivity contribution is -0.137. The van der Waals surface area contributed by atoms with Crippen LogP contribution in [0.3, 0.4) is 0 Å². The molecule has 114 valence electrons. The van der Waals surface area contributed by atoms with Gasteiger partial charge >= 0.3 is 11.8 Å². The molecule has 2 rings (SSSR count). The second-order valence-electron chi connectivity index (χ2n) is 4.79. The van der Waals surface area contributed by atoms with Crippen molar-refractivity contribution in [2.45, 2.75) is 20.4 Å². The van der Waals surface area contributed by atoms with E-state index in [1.807, 2.05) is 48.9 Å². The van der Waals surface area contributed by atoms with E-state index in [1.54, 1.807) is 0 Å². The average Bonchev–Trinajstić information content (AvgIpc) is 2.75. The SMILES string of the molecule is Cc1nn(Cc2ccccc2)c(C)c1/C=N\NC(=O)C(N)=O. The van der Waals surface area contributed by atoms with E-state index >= 15 is 0 Å². The summed E-state index contributed by atoms with van der Waals surface area (Å²) in [5.41, 5.74) is 10.5. The largest absolute Gasteiger partial charge is 0.361 e. The molecular weight excluding hydrogens is 282 g/mol. The van der Waals surface area contributed by atoms with Gasteiger partial charge in [0.05, 0.1) is 18.5 Å². The van der Waals surface area contributed by atoms with Crippen LogP contribution < -0.4 is 11.2 Å². The summed E-state index contributed by atoms with van der Waals surface area (Å²) in [6.07, 6.45) is 1.46. The summed E-state index contributed by atoms with van der Waals surface area (Å²) in [7, 11) is 0. The molecule has 0 aliphatic carbocycles. The molecule has 0 unspecified atom stereocenters. The van der Waals surface area contributed by atoms with Gasteiger partial charge < -0.3 is 5.73 Å². The maximum atomic E-state index is 11.0. The third kappa shape index (κ3) is 3.57. The smallest absolute Gasteiger partial charge is 0.329 e. The van der Waals surface area contributed by atoms with Crippen LogP contribution in [0.25, 0.3) is 0 Å². The minimum absolute atomic E-state index is 0.648. The van der Waals surface area contributed by atoms with Crippen LogP contribution in [0.2, 0.25) is 0 Å². The van der Waals surface area contributed by atoms with E-state index < -0.39 is 11.8 Å². The molecule has 0 saturated heterocycles. The number of hydrogen-bond donors (Lipinski definition) is 2. The van der Waals surface area contributed by atoms with Crippen LogP contribution >= 0.6 is 0 Å². The van der Waals surface area contributed by atoms with Gasteiger partial charge in [0.2, 0.25) is 0 Å². The Morgan fingerprint density at radius 3 is 2.64 bits per heavy atom. The number of hydrazone groups is 1. The van der Waals surface area contributed by atoms with Crippen LogP contribution in [0.5, 0.6) is 0 Å². The lowest BCUT2D eigenvalue weighted by Gasteiger charge is -2.04. The summed E-state index contributed by atoms with van der Waals surface area (Å²) in [5, 5.41) is 8.19. The van der Waals surface area contributed by atoms with Crippen molar-refractivity contribution in [2.24, 2.45) is 10.8 Å². The lowest BCUT2D eigenvalue weighted by atomic mass is 10.2. The molecule has 0 fully saturated rings. The molecule has 0 bridgehead atoms. The fourth-order valence-corrected chi connectivity index (χ4v) is 2.02. The maximum absolute atomic E-state index is 11.0. The highest BCUT2D eigenvalue weighted by Crippen LogP contribution is 2.12. The van der Waals surface area contributed by atoms with Crippen molar-refractivity contribution in [3.8, 4) is 0 Å². The first-order valence-corrected chi connectivity index (χ1v) is 6.70. The zero-order valence-electron chi connectivity index (χ0n) is 12.4. The highest BCUT2D eigenvalue weighted by Gasteiger charge is 2.11. The first kappa shape index (κ1) is 15.4. The Kier molecular flexibility index (Phi) is 4.67. The third-order valence-corrected chi connectivity index (χ3v) is 3.20. The molecule has 22 heavy (non-hydrogen) atoms. The number of rotatable bonds is 4. The van der Waals surface area contributed by atoms with Gasteiger partial charge in [-0.2, -0.15) is 10.2 Å². The van der Waals surface area contributed by atoms with E-state index in [2.05, 4.69) is 15.6 Å². The number of nitrogens with one attached hydrogen (secondary N) is 1. The van der Waals surface area contributed by atoms with Crippen LogP contribution in [0.15, 0.2) is 35.4 Å². The number of primary amides is 1. The molecule has 0 radical (unpaired) electrons. The van der Waals surface area contributed by atoms with E-state index in [-0.39, 0.29) is 0 Å².